The van der Waals surface area contributed by atoms with Gasteiger partial charge in [-0.25, -0.2) is 0 Å². The van der Waals surface area contributed by atoms with Crippen LogP contribution >= 0.6 is 35.3 Å². The van der Waals surface area contributed by atoms with E-state index in [0.717, 1.165) is 24.0 Å². The van der Waals surface area contributed by atoms with Gasteiger partial charge in [-0.3, -0.25) is 4.90 Å². The zero-order valence-corrected chi connectivity index (χ0v) is 12.5. The second kappa shape index (κ2) is 7.59. The van der Waals surface area contributed by atoms with Gasteiger partial charge in [0.25, 0.3) is 0 Å². The molecule has 0 aliphatic carbocycles. The van der Waals surface area contributed by atoms with Crippen LogP contribution in [0.15, 0.2) is 11.4 Å². The van der Waals surface area contributed by atoms with Crippen LogP contribution in [-0.4, -0.2) is 31.6 Å². The van der Waals surface area contributed by atoms with Crippen molar-refractivity contribution in [3.63, 3.8) is 0 Å². The van der Waals surface area contributed by atoms with Gasteiger partial charge in [0.2, 0.25) is 0 Å². The van der Waals surface area contributed by atoms with Crippen molar-refractivity contribution in [2.24, 2.45) is 5.92 Å². The van der Waals surface area contributed by atoms with Gasteiger partial charge in [0.1, 0.15) is 0 Å². The van der Waals surface area contributed by atoms with Gasteiger partial charge in [0.15, 0.2) is 0 Å². The topological polar surface area (TPSA) is 15.3 Å². The van der Waals surface area contributed by atoms with E-state index < -0.39 is 0 Å². The van der Waals surface area contributed by atoms with Crippen LogP contribution in [0, 0.1) is 5.92 Å². The molecule has 0 bridgehead atoms. The monoisotopic (exact) mass is 294 g/mol. The lowest BCUT2D eigenvalue weighted by Gasteiger charge is -2.32. The lowest BCUT2D eigenvalue weighted by atomic mass is 9.98. The van der Waals surface area contributed by atoms with E-state index in [0.29, 0.717) is 0 Å². The van der Waals surface area contributed by atoms with Gasteiger partial charge in [0.05, 0.1) is 5.02 Å². The van der Waals surface area contributed by atoms with Gasteiger partial charge in [-0.1, -0.05) is 11.6 Å². The van der Waals surface area contributed by atoms with Crippen LogP contribution in [0.5, 0.6) is 0 Å². The van der Waals surface area contributed by atoms with Crippen molar-refractivity contribution >= 4 is 35.3 Å². The number of halogens is 2. The molecule has 1 N–H and O–H groups in total. The van der Waals surface area contributed by atoms with E-state index >= 15 is 0 Å². The first-order chi connectivity index (χ1) is 7.78. The minimum absolute atomic E-state index is 0. The van der Waals surface area contributed by atoms with E-state index in [9.17, 15) is 0 Å². The molecule has 2 rings (SSSR count). The highest BCUT2D eigenvalue weighted by Gasteiger charge is 2.19. The fraction of sp³-hybridized carbons (Fsp3) is 0.667. The standard InChI is InChI=1S/C12H19ClN2S.ClH/c1-14-6-10-3-2-4-15(7-10)8-12-5-11(13)9-16-12;/h5,9-10,14H,2-4,6-8H2,1H3;1H. The molecule has 0 amide bonds. The van der Waals surface area contributed by atoms with E-state index in [1.165, 1.54) is 30.8 Å². The molecule has 0 saturated carbocycles. The summed E-state index contributed by atoms with van der Waals surface area (Å²) >= 11 is 7.71. The molecule has 1 unspecified atom stereocenters. The Kier molecular flexibility index (Phi) is 6.82. The Balaban J connectivity index is 0.00000144. The average Bonchev–Trinajstić information content (AvgIpc) is 2.65. The number of likely N-dealkylation sites (tertiary alicyclic amines) is 1. The van der Waals surface area contributed by atoms with Crippen LogP contribution in [0.3, 0.4) is 0 Å². The SMILES string of the molecule is CNCC1CCCN(Cc2cc(Cl)cs2)C1.Cl. The van der Waals surface area contributed by atoms with Crippen LogP contribution in [-0.2, 0) is 6.54 Å². The van der Waals surface area contributed by atoms with E-state index in [4.69, 9.17) is 11.6 Å². The Morgan fingerprint density at radius 2 is 2.41 bits per heavy atom. The first-order valence-electron chi connectivity index (χ1n) is 5.88. The Morgan fingerprint density at radius 1 is 1.59 bits per heavy atom. The molecule has 0 radical (unpaired) electrons. The maximum Gasteiger partial charge on any atom is 0.0516 e. The fourth-order valence-electron chi connectivity index (χ4n) is 2.41. The van der Waals surface area contributed by atoms with Gasteiger partial charge < -0.3 is 5.32 Å². The molecular weight excluding hydrogens is 275 g/mol. The third kappa shape index (κ3) is 4.76. The summed E-state index contributed by atoms with van der Waals surface area (Å²) in [6.45, 7) is 4.66. The molecule has 2 nitrogen and oxygen atoms in total. The largest absolute Gasteiger partial charge is 0.319 e. The molecule has 5 heteroatoms. The quantitative estimate of drug-likeness (QED) is 0.917. The summed E-state index contributed by atoms with van der Waals surface area (Å²) in [5.74, 6) is 0.814. The molecule has 1 atom stereocenters. The molecule has 0 spiro atoms. The third-order valence-corrected chi connectivity index (χ3v) is 4.37. The summed E-state index contributed by atoms with van der Waals surface area (Å²) in [7, 11) is 2.04. The molecule has 1 aliphatic heterocycles. The van der Waals surface area contributed by atoms with E-state index in [1.807, 2.05) is 12.4 Å². The van der Waals surface area contributed by atoms with Crippen LogP contribution in [0.1, 0.15) is 17.7 Å². The highest BCUT2D eigenvalue weighted by molar-refractivity contribution is 7.10. The normalized spacial score (nSPS) is 21.2. The highest BCUT2D eigenvalue weighted by Crippen LogP contribution is 2.23. The summed E-state index contributed by atoms with van der Waals surface area (Å²) in [6.07, 6.45) is 2.69. The van der Waals surface area contributed by atoms with Crippen molar-refractivity contribution < 1.29 is 0 Å². The van der Waals surface area contributed by atoms with Gasteiger partial charge >= 0.3 is 0 Å². The number of hydrogen-bond donors (Lipinski definition) is 1. The summed E-state index contributed by atoms with van der Waals surface area (Å²) in [6, 6.07) is 2.09. The van der Waals surface area contributed by atoms with Gasteiger partial charge in [-0.2, -0.15) is 0 Å². The predicted molar refractivity (Wildman–Crippen MR) is 78.5 cm³/mol. The average molecular weight is 295 g/mol. The maximum atomic E-state index is 5.94. The van der Waals surface area contributed by atoms with Crippen molar-refractivity contribution in [2.45, 2.75) is 19.4 Å². The molecule has 1 aromatic heterocycles. The summed E-state index contributed by atoms with van der Waals surface area (Å²) in [5.41, 5.74) is 0. The van der Waals surface area contributed by atoms with Crippen molar-refractivity contribution in [2.75, 3.05) is 26.7 Å². The van der Waals surface area contributed by atoms with Crippen molar-refractivity contribution in [3.8, 4) is 0 Å². The molecule has 1 aromatic rings. The molecular formula is C12H20Cl2N2S. The van der Waals surface area contributed by atoms with Crippen molar-refractivity contribution in [1.82, 2.24) is 10.2 Å². The lowest BCUT2D eigenvalue weighted by molar-refractivity contribution is 0.168. The van der Waals surface area contributed by atoms with Crippen LogP contribution < -0.4 is 5.32 Å². The first kappa shape index (κ1) is 15.3. The number of hydrogen-bond acceptors (Lipinski definition) is 3. The summed E-state index contributed by atoms with van der Waals surface area (Å²) in [4.78, 5) is 3.93. The van der Waals surface area contributed by atoms with Crippen LogP contribution in [0.2, 0.25) is 5.02 Å². The second-order valence-corrected chi connectivity index (χ2v) is 5.96. The van der Waals surface area contributed by atoms with Crippen molar-refractivity contribution in [1.29, 1.82) is 0 Å². The molecule has 1 aliphatic rings. The smallest absolute Gasteiger partial charge is 0.0516 e. The molecule has 98 valence electrons. The minimum atomic E-state index is 0. The molecule has 2 heterocycles. The first-order valence-corrected chi connectivity index (χ1v) is 7.13. The Bertz CT molecular complexity index is 328. The molecule has 17 heavy (non-hydrogen) atoms. The van der Waals surface area contributed by atoms with Crippen LogP contribution in [0.4, 0.5) is 0 Å². The van der Waals surface area contributed by atoms with Gasteiger partial charge in [0, 0.05) is 23.3 Å². The number of rotatable bonds is 4. The van der Waals surface area contributed by atoms with Crippen LogP contribution in [0.25, 0.3) is 0 Å². The van der Waals surface area contributed by atoms with E-state index in [2.05, 4.69) is 16.3 Å². The number of thiophene rings is 1. The Labute approximate surface area is 119 Å². The molecule has 1 saturated heterocycles. The van der Waals surface area contributed by atoms with Gasteiger partial charge in [-0.05, 0) is 45.0 Å². The maximum absolute atomic E-state index is 5.94. The zero-order chi connectivity index (χ0) is 11.4. The third-order valence-electron chi connectivity index (χ3n) is 3.10. The van der Waals surface area contributed by atoms with Crippen molar-refractivity contribution in [3.05, 3.63) is 21.3 Å². The Hall–Kier alpha value is 0.200. The predicted octanol–water partition coefficient (Wildman–Crippen LogP) is 3.25. The van der Waals surface area contributed by atoms with E-state index in [1.54, 1.807) is 11.3 Å². The lowest BCUT2D eigenvalue weighted by Crippen LogP contribution is -2.38. The molecule has 1 fully saturated rings. The summed E-state index contributed by atoms with van der Waals surface area (Å²) in [5, 5.41) is 6.18. The highest BCUT2D eigenvalue weighted by atomic mass is 35.5. The zero-order valence-electron chi connectivity index (χ0n) is 10.1. The number of nitrogens with zero attached hydrogens (tertiary/aromatic N) is 1. The second-order valence-electron chi connectivity index (χ2n) is 4.53. The van der Waals surface area contributed by atoms with E-state index in [-0.39, 0.29) is 12.4 Å². The number of nitrogens with one attached hydrogen (secondary N) is 1. The minimum Gasteiger partial charge on any atom is -0.319 e. The molecule has 0 aromatic carbocycles. The summed E-state index contributed by atoms with van der Waals surface area (Å²) < 4.78 is 0. The van der Waals surface area contributed by atoms with Gasteiger partial charge in [-0.15, -0.1) is 23.7 Å². The Morgan fingerprint density at radius 3 is 3.06 bits per heavy atom. The fourth-order valence-corrected chi connectivity index (χ4v) is 3.52. The number of piperidine rings is 1.